The summed E-state index contributed by atoms with van der Waals surface area (Å²) >= 11 is 0. The average molecular weight is 505 g/mol. The fraction of sp³-hybridized carbons (Fsp3) is 0.500. The van der Waals surface area contributed by atoms with Gasteiger partial charge in [0.2, 0.25) is 0 Å². The van der Waals surface area contributed by atoms with Crippen molar-refractivity contribution in [2.24, 2.45) is 10.7 Å². The third-order valence-electron chi connectivity index (χ3n) is 4.20. The van der Waals surface area contributed by atoms with Crippen molar-refractivity contribution in [1.82, 2.24) is 15.5 Å². The molecule has 0 unspecified atom stereocenters. The van der Waals surface area contributed by atoms with Gasteiger partial charge in [0.15, 0.2) is 5.96 Å². The lowest BCUT2D eigenvalue weighted by molar-refractivity contribution is 0.0947. The molecule has 0 atom stereocenters. The maximum atomic E-state index is 12.0. The molecule has 1 aliphatic heterocycles. The second kappa shape index (κ2) is 12.3. The van der Waals surface area contributed by atoms with Crippen molar-refractivity contribution in [3.05, 3.63) is 29.8 Å². The molecule has 0 bridgehead atoms. The summed E-state index contributed by atoms with van der Waals surface area (Å²) in [5, 5.41) is 15.5. The highest BCUT2D eigenvalue weighted by atomic mass is 127. The van der Waals surface area contributed by atoms with Gasteiger partial charge in [0.1, 0.15) is 5.75 Å². The number of hydrogen-bond acceptors (Lipinski definition) is 5. The Morgan fingerprint density at radius 2 is 2.00 bits per heavy atom. The van der Waals surface area contributed by atoms with Gasteiger partial charge in [-0.25, -0.2) is 4.79 Å². The van der Waals surface area contributed by atoms with Crippen molar-refractivity contribution >= 4 is 41.9 Å². The van der Waals surface area contributed by atoms with E-state index in [4.69, 9.17) is 10.5 Å². The minimum Gasteiger partial charge on any atom is -0.507 e. The maximum absolute atomic E-state index is 12.0. The van der Waals surface area contributed by atoms with Crippen LogP contribution in [0.4, 0.5) is 4.79 Å². The van der Waals surface area contributed by atoms with Crippen molar-refractivity contribution in [3.8, 4) is 5.75 Å². The molecule has 9 nitrogen and oxygen atoms in total. The van der Waals surface area contributed by atoms with E-state index in [1.807, 2.05) is 0 Å². The van der Waals surface area contributed by atoms with Gasteiger partial charge >= 0.3 is 6.09 Å². The fourth-order valence-corrected chi connectivity index (χ4v) is 2.78. The molecule has 10 heteroatoms. The van der Waals surface area contributed by atoms with E-state index in [1.165, 1.54) is 6.07 Å². The van der Waals surface area contributed by atoms with Crippen molar-refractivity contribution in [1.29, 1.82) is 0 Å². The number of piperidine rings is 1. The van der Waals surface area contributed by atoms with E-state index in [9.17, 15) is 14.7 Å². The molecule has 0 saturated carbocycles. The summed E-state index contributed by atoms with van der Waals surface area (Å²) < 4.78 is 4.99. The van der Waals surface area contributed by atoms with E-state index in [1.54, 1.807) is 30.0 Å². The number of rotatable bonds is 6. The summed E-state index contributed by atoms with van der Waals surface area (Å²) in [6.07, 6.45) is 1.25. The number of amides is 2. The summed E-state index contributed by atoms with van der Waals surface area (Å²) in [6, 6.07) is 6.49. The first-order valence-electron chi connectivity index (χ1n) is 9.05. The van der Waals surface area contributed by atoms with Crippen LogP contribution in [0.1, 0.15) is 30.1 Å². The van der Waals surface area contributed by atoms with E-state index in [0.717, 1.165) is 12.8 Å². The van der Waals surface area contributed by atoms with Gasteiger partial charge in [0, 0.05) is 25.7 Å². The van der Waals surface area contributed by atoms with Gasteiger partial charge in [-0.3, -0.25) is 9.79 Å². The van der Waals surface area contributed by atoms with Crippen LogP contribution in [0.15, 0.2) is 29.3 Å². The third kappa shape index (κ3) is 7.41. The molecular formula is C18H28IN5O4. The average Bonchev–Trinajstić information content (AvgIpc) is 2.66. The van der Waals surface area contributed by atoms with E-state index in [-0.39, 0.29) is 53.3 Å². The van der Waals surface area contributed by atoms with E-state index in [0.29, 0.717) is 38.7 Å². The number of aromatic hydroxyl groups is 1. The lowest BCUT2D eigenvalue weighted by Crippen LogP contribution is -2.48. The van der Waals surface area contributed by atoms with E-state index in [2.05, 4.69) is 15.6 Å². The molecule has 2 rings (SSSR count). The molecule has 1 heterocycles. The summed E-state index contributed by atoms with van der Waals surface area (Å²) in [7, 11) is 0. The van der Waals surface area contributed by atoms with Gasteiger partial charge in [0.05, 0.1) is 18.7 Å². The molecule has 28 heavy (non-hydrogen) atoms. The Bertz CT molecular complexity index is 678. The Hall–Kier alpha value is -2.24. The van der Waals surface area contributed by atoms with Crippen LogP contribution in [0.25, 0.3) is 0 Å². The van der Waals surface area contributed by atoms with Gasteiger partial charge in [0.25, 0.3) is 5.91 Å². The number of halogens is 1. The highest BCUT2D eigenvalue weighted by Crippen LogP contribution is 2.14. The highest BCUT2D eigenvalue weighted by Gasteiger charge is 2.23. The molecular weight excluding hydrogens is 477 g/mol. The van der Waals surface area contributed by atoms with Crippen LogP contribution >= 0.6 is 24.0 Å². The van der Waals surface area contributed by atoms with Crippen LogP contribution in [-0.4, -0.2) is 66.8 Å². The lowest BCUT2D eigenvalue weighted by atomic mass is 10.1. The molecule has 1 fully saturated rings. The van der Waals surface area contributed by atoms with Crippen LogP contribution in [0.5, 0.6) is 5.75 Å². The minimum absolute atomic E-state index is 0. The first-order chi connectivity index (χ1) is 13.0. The number of carbonyl (C=O) groups excluding carboxylic acids is 2. The van der Waals surface area contributed by atoms with Crippen LogP contribution < -0.4 is 16.4 Å². The molecule has 0 aliphatic carbocycles. The Morgan fingerprint density at radius 3 is 2.64 bits per heavy atom. The van der Waals surface area contributed by atoms with Gasteiger partial charge in [-0.05, 0) is 31.9 Å². The second-order valence-corrected chi connectivity index (χ2v) is 6.14. The predicted molar refractivity (Wildman–Crippen MR) is 117 cm³/mol. The number of phenolic OH excluding ortho intramolecular Hbond substituents is 1. The molecule has 1 aromatic carbocycles. The maximum Gasteiger partial charge on any atom is 0.409 e. The third-order valence-corrected chi connectivity index (χ3v) is 4.20. The van der Waals surface area contributed by atoms with Crippen LogP contribution in [0.2, 0.25) is 0 Å². The summed E-state index contributed by atoms with van der Waals surface area (Å²) in [6.45, 7) is 4.00. The molecule has 5 N–H and O–H groups in total. The topological polar surface area (TPSA) is 129 Å². The first kappa shape index (κ1) is 23.8. The number of aliphatic imine (C=N–C) groups is 1. The molecule has 156 valence electrons. The SMILES string of the molecule is CCOC(=O)N1CCC(NC(N)=NCCNC(=O)c2ccccc2O)CC1.I. The van der Waals surface area contributed by atoms with Gasteiger partial charge in [-0.15, -0.1) is 24.0 Å². The Balaban J connectivity index is 0.00000392. The number of phenols is 1. The minimum atomic E-state index is -0.360. The molecule has 1 aromatic rings. The number of para-hydroxylation sites is 1. The number of benzene rings is 1. The Kier molecular flexibility index (Phi) is 10.4. The number of nitrogens with two attached hydrogens (primary N) is 1. The zero-order chi connectivity index (χ0) is 19.6. The van der Waals surface area contributed by atoms with E-state index >= 15 is 0 Å². The number of guanidine groups is 1. The number of nitrogens with zero attached hydrogens (tertiary/aromatic N) is 2. The van der Waals surface area contributed by atoms with Crippen molar-refractivity contribution in [3.63, 3.8) is 0 Å². The van der Waals surface area contributed by atoms with Crippen molar-refractivity contribution < 1.29 is 19.4 Å². The standard InChI is InChI=1S/C18H27N5O4.HI/c1-2-27-18(26)23-11-7-13(8-12-23)22-17(19)21-10-9-20-16(25)14-5-3-4-6-15(14)24;/h3-6,13,24H,2,7-12H2,1H3,(H,20,25)(H3,19,21,22);1H. The second-order valence-electron chi connectivity index (χ2n) is 6.14. The normalized spacial score (nSPS) is 14.8. The number of hydrogen-bond donors (Lipinski definition) is 4. The van der Waals surface area contributed by atoms with Crippen molar-refractivity contribution in [2.45, 2.75) is 25.8 Å². The number of carbonyl (C=O) groups is 2. The van der Waals surface area contributed by atoms with Gasteiger partial charge < -0.3 is 31.1 Å². The number of nitrogens with one attached hydrogen (secondary N) is 2. The molecule has 1 saturated heterocycles. The van der Waals surface area contributed by atoms with E-state index < -0.39 is 0 Å². The molecule has 0 aromatic heterocycles. The van der Waals surface area contributed by atoms with Gasteiger partial charge in [-0.1, -0.05) is 12.1 Å². The zero-order valence-corrected chi connectivity index (χ0v) is 18.2. The lowest BCUT2D eigenvalue weighted by Gasteiger charge is -2.31. The summed E-state index contributed by atoms with van der Waals surface area (Å²) in [4.78, 5) is 29.5. The quantitative estimate of drug-likeness (QED) is 0.200. The molecule has 1 aliphatic rings. The smallest absolute Gasteiger partial charge is 0.409 e. The monoisotopic (exact) mass is 505 g/mol. The van der Waals surface area contributed by atoms with Crippen LogP contribution in [0, 0.1) is 0 Å². The Morgan fingerprint density at radius 1 is 1.32 bits per heavy atom. The van der Waals surface area contributed by atoms with Gasteiger partial charge in [-0.2, -0.15) is 0 Å². The summed E-state index contributed by atoms with van der Waals surface area (Å²) in [5.74, 6) is -0.114. The highest BCUT2D eigenvalue weighted by molar-refractivity contribution is 14.0. The fourth-order valence-electron chi connectivity index (χ4n) is 2.78. The van der Waals surface area contributed by atoms with Crippen LogP contribution in [0.3, 0.4) is 0 Å². The number of ether oxygens (including phenoxy) is 1. The largest absolute Gasteiger partial charge is 0.507 e. The zero-order valence-electron chi connectivity index (χ0n) is 15.9. The predicted octanol–water partition coefficient (Wildman–Crippen LogP) is 1.27. The summed E-state index contributed by atoms with van der Waals surface area (Å²) in [5.41, 5.74) is 6.10. The van der Waals surface area contributed by atoms with Crippen molar-refractivity contribution in [2.75, 3.05) is 32.8 Å². The molecule has 2 amide bonds. The first-order valence-corrected chi connectivity index (χ1v) is 9.05. The number of likely N-dealkylation sites (tertiary alicyclic amines) is 1. The Labute approximate surface area is 181 Å². The van der Waals surface area contributed by atoms with Crippen LogP contribution in [-0.2, 0) is 4.74 Å². The molecule has 0 spiro atoms. The molecule has 0 radical (unpaired) electrons.